The van der Waals surface area contributed by atoms with Crippen molar-refractivity contribution < 1.29 is 22.5 Å². The molecule has 2 rings (SSSR count). The molecule has 0 saturated carbocycles. The van der Waals surface area contributed by atoms with Gasteiger partial charge in [-0.15, -0.1) is 0 Å². The number of aromatic nitrogens is 1. The number of carbonyl (C=O) groups is 1. The van der Waals surface area contributed by atoms with Gasteiger partial charge in [-0.05, 0) is 18.2 Å². The van der Waals surface area contributed by atoms with Gasteiger partial charge in [0.1, 0.15) is 11.2 Å². The van der Waals surface area contributed by atoms with Crippen LogP contribution in [0.25, 0.3) is 0 Å². The monoisotopic (exact) mass is 297 g/mol. The van der Waals surface area contributed by atoms with Gasteiger partial charge in [0, 0.05) is 11.8 Å². The lowest BCUT2D eigenvalue weighted by Crippen LogP contribution is -2.18. The summed E-state index contributed by atoms with van der Waals surface area (Å²) in [5.41, 5.74) is 5.63. The number of sulfonamides is 1. The quantitative estimate of drug-likeness (QED) is 0.633. The Morgan fingerprint density at radius 3 is 2.75 bits per heavy atom. The molecule has 0 radical (unpaired) electrons. The van der Waals surface area contributed by atoms with Gasteiger partial charge >= 0.3 is 5.97 Å². The number of benzene rings is 1. The highest BCUT2D eigenvalue weighted by Crippen LogP contribution is 2.22. The summed E-state index contributed by atoms with van der Waals surface area (Å²) in [5.74, 6) is -0.810. The van der Waals surface area contributed by atoms with Crippen molar-refractivity contribution in [2.75, 3.05) is 17.6 Å². The standard InChI is InChI=1S/C11H11N3O5S/c1-18-11(15)8-6-7(12)2-3-9(8)20(16,17)14-10-4-5-19-13-10/h2-6H,12H2,1H3,(H,13,14). The van der Waals surface area contributed by atoms with Crippen LogP contribution in [0.1, 0.15) is 10.4 Å². The van der Waals surface area contributed by atoms with E-state index in [1.165, 1.54) is 30.5 Å². The molecule has 2 aromatic rings. The van der Waals surface area contributed by atoms with E-state index in [2.05, 4.69) is 19.1 Å². The van der Waals surface area contributed by atoms with Crippen LogP contribution in [0.15, 0.2) is 39.9 Å². The molecular weight excluding hydrogens is 286 g/mol. The number of hydrogen-bond acceptors (Lipinski definition) is 7. The van der Waals surface area contributed by atoms with E-state index in [1.54, 1.807) is 0 Å². The maximum Gasteiger partial charge on any atom is 0.339 e. The molecular formula is C11H11N3O5S. The number of nitrogens with one attached hydrogen (secondary N) is 1. The van der Waals surface area contributed by atoms with E-state index < -0.39 is 16.0 Å². The van der Waals surface area contributed by atoms with Gasteiger partial charge in [-0.25, -0.2) is 13.2 Å². The maximum absolute atomic E-state index is 12.2. The number of ether oxygens (including phenoxy) is 1. The number of anilines is 2. The molecule has 0 fully saturated rings. The molecule has 0 unspecified atom stereocenters. The molecule has 0 saturated heterocycles. The summed E-state index contributed by atoms with van der Waals surface area (Å²) in [6.45, 7) is 0. The molecule has 1 aromatic heterocycles. The number of nitrogens with two attached hydrogens (primary N) is 1. The van der Waals surface area contributed by atoms with E-state index >= 15 is 0 Å². The topological polar surface area (TPSA) is 125 Å². The van der Waals surface area contributed by atoms with Crippen molar-refractivity contribution in [3.05, 3.63) is 36.1 Å². The zero-order chi connectivity index (χ0) is 14.8. The fourth-order valence-electron chi connectivity index (χ4n) is 1.51. The average molecular weight is 297 g/mol. The van der Waals surface area contributed by atoms with E-state index in [1.807, 2.05) is 0 Å². The first-order valence-corrected chi connectivity index (χ1v) is 6.83. The Balaban J connectivity index is 2.48. The van der Waals surface area contributed by atoms with Crippen LogP contribution >= 0.6 is 0 Å². The maximum atomic E-state index is 12.2. The van der Waals surface area contributed by atoms with Crippen molar-refractivity contribution in [3.8, 4) is 0 Å². The first-order valence-electron chi connectivity index (χ1n) is 5.35. The molecule has 1 aromatic carbocycles. The second-order valence-electron chi connectivity index (χ2n) is 3.74. The van der Waals surface area contributed by atoms with Crippen LogP contribution in [0.3, 0.4) is 0 Å². The Bertz CT molecular complexity index is 725. The first kappa shape index (κ1) is 13.9. The lowest BCUT2D eigenvalue weighted by Gasteiger charge is -2.10. The summed E-state index contributed by atoms with van der Waals surface area (Å²) < 4.78 is 35.7. The molecule has 3 N–H and O–H groups in total. The van der Waals surface area contributed by atoms with Crippen LogP contribution in [0.2, 0.25) is 0 Å². The van der Waals surface area contributed by atoms with Crippen molar-refractivity contribution >= 4 is 27.5 Å². The van der Waals surface area contributed by atoms with Crippen molar-refractivity contribution in [3.63, 3.8) is 0 Å². The minimum Gasteiger partial charge on any atom is -0.465 e. The molecule has 0 aliphatic heterocycles. The van der Waals surface area contributed by atoms with E-state index in [9.17, 15) is 13.2 Å². The van der Waals surface area contributed by atoms with Gasteiger partial charge in [0.05, 0.1) is 12.7 Å². The second-order valence-corrected chi connectivity index (χ2v) is 5.39. The number of nitrogen functional groups attached to an aromatic ring is 1. The number of methoxy groups -OCH3 is 1. The minimum atomic E-state index is -4.01. The molecule has 0 atom stereocenters. The van der Waals surface area contributed by atoms with E-state index in [0.29, 0.717) is 0 Å². The predicted octanol–water partition coefficient (Wildman–Crippen LogP) is 0.844. The molecule has 0 spiro atoms. The number of rotatable bonds is 4. The van der Waals surface area contributed by atoms with Crippen LogP contribution in [-0.4, -0.2) is 26.7 Å². The predicted molar refractivity (Wildman–Crippen MR) is 69.5 cm³/mol. The summed E-state index contributed by atoms with van der Waals surface area (Å²) >= 11 is 0. The van der Waals surface area contributed by atoms with Crippen LogP contribution in [0.5, 0.6) is 0 Å². The van der Waals surface area contributed by atoms with Crippen LogP contribution in [-0.2, 0) is 14.8 Å². The lowest BCUT2D eigenvalue weighted by molar-refractivity contribution is 0.0596. The summed E-state index contributed by atoms with van der Waals surface area (Å²) in [4.78, 5) is 11.4. The Labute approximate surface area is 114 Å². The average Bonchev–Trinajstić information content (AvgIpc) is 2.89. The zero-order valence-corrected chi connectivity index (χ0v) is 11.2. The molecule has 0 aliphatic carbocycles. The zero-order valence-electron chi connectivity index (χ0n) is 10.4. The normalized spacial score (nSPS) is 11.1. The molecule has 0 bridgehead atoms. The number of hydrogen-bond donors (Lipinski definition) is 2. The minimum absolute atomic E-state index is 0.00218. The van der Waals surface area contributed by atoms with Crippen molar-refractivity contribution in [1.82, 2.24) is 5.16 Å². The molecule has 20 heavy (non-hydrogen) atoms. The Morgan fingerprint density at radius 2 is 2.15 bits per heavy atom. The van der Waals surface area contributed by atoms with Gasteiger partial charge in [0.25, 0.3) is 10.0 Å². The van der Waals surface area contributed by atoms with Gasteiger partial charge in [0.15, 0.2) is 5.82 Å². The molecule has 0 amide bonds. The third kappa shape index (κ3) is 2.72. The molecule has 0 aliphatic rings. The third-order valence-corrected chi connectivity index (χ3v) is 3.79. The smallest absolute Gasteiger partial charge is 0.339 e. The summed E-state index contributed by atoms with van der Waals surface area (Å²) in [5, 5.41) is 3.43. The Morgan fingerprint density at radius 1 is 1.40 bits per heavy atom. The summed E-state index contributed by atoms with van der Waals surface area (Å²) in [6.07, 6.45) is 1.21. The van der Waals surface area contributed by atoms with E-state index in [-0.39, 0.29) is 22.0 Å². The number of carbonyl (C=O) groups excluding carboxylic acids is 1. The van der Waals surface area contributed by atoms with Crippen molar-refractivity contribution in [2.45, 2.75) is 4.90 Å². The number of nitrogens with zero attached hydrogens (tertiary/aromatic N) is 1. The van der Waals surface area contributed by atoms with Gasteiger partial charge < -0.3 is 15.0 Å². The van der Waals surface area contributed by atoms with Crippen molar-refractivity contribution in [1.29, 1.82) is 0 Å². The highest BCUT2D eigenvalue weighted by atomic mass is 32.2. The molecule has 8 nitrogen and oxygen atoms in total. The largest absolute Gasteiger partial charge is 0.465 e. The molecule has 9 heteroatoms. The lowest BCUT2D eigenvalue weighted by atomic mass is 10.2. The van der Waals surface area contributed by atoms with E-state index in [4.69, 9.17) is 5.73 Å². The Hall–Kier alpha value is -2.55. The SMILES string of the molecule is COC(=O)c1cc(N)ccc1S(=O)(=O)Nc1ccon1. The molecule has 1 heterocycles. The van der Waals surface area contributed by atoms with Gasteiger partial charge in [-0.2, -0.15) is 0 Å². The van der Waals surface area contributed by atoms with Crippen LogP contribution in [0, 0.1) is 0 Å². The highest BCUT2D eigenvalue weighted by molar-refractivity contribution is 7.92. The van der Waals surface area contributed by atoms with Crippen molar-refractivity contribution in [2.24, 2.45) is 0 Å². The fraction of sp³-hybridized carbons (Fsp3) is 0.0909. The Kier molecular flexibility index (Phi) is 3.61. The number of esters is 1. The van der Waals surface area contributed by atoms with E-state index in [0.717, 1.165) is 7.11 Å². The summed E-state index contributed by atoms with van der Waals surface area (Å²) in [7, 11) is -2.87. The molecule has 106 valence electrons. The highest BCUT2D eigenvalue weighted by Gasteiger charge is 2.24. The fourth-order valence-corrected chi connectivity index (χ4v) is 2.68. The van der Waals surface area contributed by atoms with Crippen LogP contribution < -0.4 is 10.5 Å². The van der Waals surface area contributed by atoms with Gasteiger partial charge in [0.2, 0.25) is 0 Å². The first-order chi connectivity index (χ1) is 9.44. The van der Waals surface area contributed by atoms with Crippen LogP contribution in [0.4, 0.5) is 11.5 Å². The van der Waals surface area contributed by atoms with Gasteiger partial charge in [-0.1, -0.05) is 5.16 Å². The summed E-state index contributed by atoms with van der Waals surface area (Å²) in [6, 6.07) is 5.13. The third-order valence-electron chi connectivity index (χ3n) is 2.38. The van der Waals surface area contributed by atoms with Gasteiger partial charge in [-0.3, -0.25) is 4.72 Å². The second kappa shape index (κ2) is 5.21.